The molecule has 0 bridgehead atoms. The third-order valence-electron chi connectivity index (χ3n) is 4.42. The average molecular weight is 240 g/mol. The summed E-state index contributed by atoms with van der Waals surface area (Å²) in [5.41, 5.74) is 0.293. The van der Waals surface area contributed by atoms with E-state index in [9.17, 15) is 0 Å². The van der Waals surface area contributed by atoms with Crippen molar-refractivity contribution in [3.8, 4) is 0 Å². The van der Waals surface area contributed by atoms with Gasteiger partial charge in [-0.2, -0.15) is 0 Å². The summed E-state index contributed by atoms with van der Waals surface area (Å²) in [5, 5.41) is 0. The van der Waals surface area contributed by atoms with Crippen LogP contribution in [0.25, 0.3) is 0 Å². The third kappa shape index (κ3) is 4.99. The van der Waals surface area contributed by atoms with E-state index in [1.165, 1.54) is 70.6 Å². The maximum atomic E-state index is 5.86. The highest BCUT2D eigenvalue weighted by Gasteiger charge is 2.52. The van der Waals surface area contributed by atoms with E-state index in [0.717, 1.165) is 0 Å². The Labute approximate surface area is 108 Å². The van der Waals surface area contributed by atoms with Crippen LogP contribution in [0.5, 0.6) is 0 Å². The fourth-order valence-corrected chi connectivity index (χ4v) is 2.91. The molecule has 1 nitrogen and oxygen atoms in total. The van der Waals surface area contributed by atoms with Crippen molar-refractivity contribution in [2.24, 2.45) is 0 Å². The van der Waals surface area contributed by atoms with Gasteiger partial charge in [0.15, 0.2) is 0 Å². The normalized spacial score (nSPS) is 21.7. The zero-order valence-electron chi connectivity index (χ0n) is 12.3. The van der Waals surface area contributed by atoms with Gasteiger partial charge in [-0.3, -0.25) is 0 Å². The Bertz CT molecular complexity index is 184. The molecule has 0 amide bonds. The standard InChI is InChI=1S/C16H32O/c1-4-7-8-9-10-11-12-13-14-15-16(5-2,6-3)17-15/h15H,4-14H2,1-3H3. The topological polar surface area (TPSA) is 12.5 Å². The van der Waals surface area contributed by atoms with Crippen molar-refractivity contribution in [3.63, 3.8) is 0 Å². The van der Waals surface area contributed by atoms with Gasteiger partial charge in [0.2, 0.25) is 0 Å². The van der Waals surface area contributed by atoms with Crippen molar-refractivity contribution < 1.29 is 4.74 Å². The fraction of sp³-hybridized carbons (Fsp3) is 1.00. The van der Waals surface area contributed by atoms with Crippen LogP contribution in [-0.2, 0) is 4.74 Å². The predicted octanol–water partition coefficient (Wildman–Crippen LogP) is 5.47. The SMILES string of the molecule is CCCCCCCCCCC1OC1(CC)CC. The molecule has 1 heterocycles. The Morgan fingerprint density at radius 2 is 1.29 bits per heavy atom. The van der Waals surface area contributed by atoms with Gasteiger partial charge in [0, 0.05) is 0 Å². The van der Waals surface area contributed by atoms with Crippen molar-refractivity contribution >= 4 is 0 Å². The number of hydrogen-bond donors (Lipinski definition) is 0. The van der Waals surface area contributed by atoms with Crippen LogP contribution in [0, 0.1) is 0 Å². The quantitative estimate of drug-likeness (QED) is 0.344. The maximum Gasteiger partial charge on any atom is 0.0943 e. The van der Waals surface area contributed by atoms with Crippen LogP contribution in [-0.4, -0.2) is 11.7 Å². The Morgan fingerprint density at radius 1 is 0.765 bits per heavy atom. The molecular weight excluding hydrogens is 208 g/mol. The summed E-state index contributed by atoms with van der Waals surface area (Å²) in [5.74, 6) is 0. The molecule has 1 unspecified atom stereocenters. The fourth-order valence-electron chi connectivity index (χ4n) is 2.91. The van der Waals surface area contributed by atoms with E-state index < -0.39 is 0 Å². The molecule has 1 heteroatoms. The van der Waals surface area contributed by atoms with Gasteiger partial charge in [-0.25, -0.2) is 0 Å². The Kier molecular flexibility index (Phi) is 7.18. The van der Waals surface area contributed by atoms with Gasteiger partial charge in [0.05, 0.1) is 11.7 Å². The lowest BCUT2D eigenvalue weighted by atomic mass is 9.95. The van der Waals surface area contributed by atoms with Crippen LogP contribution in [0.3, 0.4) is 0 Å². The van der Waals surface area contributed by atoms with Gasteiger partial charge in [-0.05, 0) is 19.3 Å². The molecule has 1 aliphatic rings. The van der Waals surface area contributed by atoms with Crippen LogP contribution in [0.4, 0.5) is 0 Å². The van der Waals surface area contributed by atoms with E-state index >= 15 is 0 Å². The summed E-state index contributed by atoms with van der Waals surface area (Å²) in [6.45, 7) is 6.80. The Morgan fingerprint density at radius 3 is 1.76 bits per heavy atom. The van der Waals surface area contributed by atoms with Gasteiger partial charge >= 0.3 is 0 Å². The van der Waals surface area contributed by atoms with Crippen LogP contribution in [0.15, 0.2) is 0 Å². The number of ether oxygens (including phenoxy) is 1. The van der Waals surface area contributed by atoms with Crippen molar-refractivity contribution in [2.45, 2.75) is 103 Å². The molecule has 0 aromatic rings. The molecule has 102 valence electrons. The highest BCUT2D eigenvalue weighted by atomic mass is 16.6. The van der Waals surface area contributed by atoms with Crippen molar-refractivity contribution in [3.05, 3.63) is 0 Å². The summed E-state index contributed by atoms with van der Waals surface area (Å²) in [7, 11) is 0. The summed E-state index contributed by atoms with van der Waals surface area (Å²) in [6, 6.07) is 0. The van der Waals surface area contributed by atoms with Crippen molar-refractivity contribution in [1.82, 2.24) is 0 Å². The lowest BCUT2D eigenvalue weighted by molar-refractivity contribution is 0.277. The number of unbranched alkanes of at least 4 members (excludes halogenated alkanes) is 7. The molecule has 1 atom stereocenters. The zero-order chi connectivity index (χ0) is 12.6. The average Bonchev–Trinajstić information content (AvgIpc) is 3.07. The van der Waals surface area contributed by atoms with Crippen molar-refractivity contribution in [2.75, 3.05) is 0 Å². The van der Waals surface area contributed by atoms with Crippen LogP contribution in [0.1, 0.15) is 91.4 Å². The largest absolute Gasteiger partial charge is 0.366 e. The Hall–Kier alpha value is -0.0400. The van der Waals surface area contributed by atoms with E-state index in [0.29, 0.717) is 11.7 Å². The Balaban J connectivity index is 1.86. The van der Waals surface area contributed by atoms with Gasteiger partial charge in [0.1, 0.15) is 0 Å². The molecule has 1 aliphatic heterocycles. The lowest BCUT2D eigenvalue weighted by Gasteiger charge is -2.05. The van der Waals surface area contributed by atoms with Gasteiger partial charge in [0.25, 0.3) is 0 Å². The van der Waals surface area contributed by atoms with E-state index in [4.69, 9.17) is 4.74 Å². The first-order chi connectivity index (χ1) is 8.29. The molecule has 1 rings (SSSR count). The van der Waals surface area contributed by atoms with Gasteiger partial charge in [-0.1, -0.05) is 72.1 Å². The predicted molar refractivity (Wildman–Crippen MR) is 75.4 cm³/mol. The van der Waals surface area contributed by atoms with E-state index in [1.807, 2.05) is 0 Å². The van der Waals surface area contributed by atoms with Crippen LogP contribution >= 0.6 is 0 Å². The first kappa shape index (κ1) is 15.0. The molecule has 17 heavy (non-hydrogen) atoms. The summed E-state index contributed by atoms with van der Waals surface area (Å²) >= 11 is 0. The van der Waals surface area contributed by atoms with Gasteiger partial charge < -0.3 is 4.74 Å². The zero-order valence-corrected chi connectivity index (χ0v) is 12.3. The molecule has 0 saturated carbocycles. The summed E-state index contributed by atoms with van der Waals surface area (Å²) in [6.07, 6.45) is 15.6. The molecule has 0 spiro atoms. The first-order valence-electron chi connectivity index (χ1n) is 7.97. The summed E-state index contributed by atoms with van der Waals surface area (Å²) in [4.78, 5) is 0. The summed E-state index contributed by atoms with van der Waals surface area (Å²) < 4.78 is 5.86. The molecule has 0 aromatic carbocycles. The molecule has 1 saturated heterocycles. The number of epoxide rings is 1. The minimum atomic E-state index is 0.293. The van der Waals surface area contributed by atoms with Crippen LogP contribution < -0.4 is 0 Å². The van der Waals surface area contributed by atoms with Gasteiger partial charge in [-0.15, -0.1) is 0 Å². The monoisotopic (exact) mass is 240 g/mol. The third-order valence-corrected chi connectivity index (χ3v) is 4.42. The minimum Gasteiger partial charge on any atom is -0.366 e. The van der Waals surface area contributed by atoms with Crippen molar-refractivity contribution in [1.29, 1.82) is 0 Å². The highest BCUT2D eigenvalue weighted by Crippen LogP contribution is 2.45. The van der Waals surface area contributed by atoms with E-state index in [-0.39, 0.29) is 0 Å². The highest BCUT2D eigenvalue weighted by molar-refractivity contribution is 5.00. The van der Waals surface area contributed by atoms with E-state index in [2.05, 4.69) is 20.8 Å². The van der Waals surface area contributed by atoms with E-state index in [1.54, 1.807) is 0 Å². The molecule has 0 aromatic heterocycles. The molecule has 0 radical (unpaired) electrons. The number of hydrogen-bond acceptors (Lipinski definition) is 1. The minimum absolute atomic E-state index is 0.293. The smallest absolute Gasteiger partial charge is 0.0943 e. The number of rotatable bonds is 11. The second-order valence-electron chi connectivity index (χ2n) is 5.64. The molecule has 0 aliphatic carbocycles. The molecular formula is C16H32O. The second kappa shape index (κ2) is 8.13. The first-order valence-corrected chi connectivity index (χ1v) is 7.97. The second-order valence-corrected chi connectivity index (χ2v) is 5.64. The van der Waals surface area contributed by atoms with Crippen LogP contribution in [0.2, 0.25) is 0 Å². The lowest BCUT2D eigenvalue weighted by Crippen LogP contribution is -2.11. The maximum absolute atomic E-state index is 5.86. The molecule has 1 fully saturated rings. The molecule has 0 N–H and O–H groups in total.